The number of halogens is 1. The third-order valence-corrected chi connectivity index (χ3v) is 12.5. The highest BCUT2D eigenvalue weighted by molar-refractivity contribution is 7.91. The number of nitrogens with one attached hydrogen (secondary N) is 4. The number of likely N-dealkylation sites (tertiary alicyclic amines) is 1. The zero-order valence-electron chi connectivity index (χ0n) is 33.1. The van der Waals surface area contributed by atoms with E-state index in [0.29, 0.717) is 30.4 Å². The Balaban J connectivity index is 1.26. The SMILES string of the molecule is C=CC1CC1(NC(=O)C1CC(Oc2nccc3cc(OC)ccc23)CN1C(=O)C(NC(=O)NC(C)(C)Cc1ccc(F)cc1)C(C)(C)C)C(=O)NS(=O)(=O)C1CC1. The molecule has 0 radical (unpaired) electrons. The molecule has 2 aromatic carbocycles. The normalized spacial score (nSPS) is 22.6. The second-order valence-corrected chi connectivity index (χ2v) is 18.9. The molecule has 3 aromatic rings. The molecular formula is C41H51FN6O8S. The lowest BCUT2D eigenvalue weighted by Gasteiger charge is -2.36. The van der Waals surface area contributed by atoms with Gasteiger partial charge in [-0.25, -0.2) is 22.6 Å². The Morgan fingerprint density at radius 2 is 1.77 bits per heavy atom. The predicted molar refractivity (Wildman–Crippen MR) is 211 cm³/mol. The van der Waals surface area contributed by atoms with E-state index in [1.807, 2.05) is 6.07 Å². The molecule has 5 amide bonds. The van der Waals surface area contributed by atoms with Crippen LogP contribution in [0.2, 0.25) is 0 Å². The van der Waals surface area contributed by atoms with Crippen LogP contribution in [0.3, 0.4) is 0 Å². The Labute approximate surface area is 332 Å². The summed E-state index contributed by atoms with van der Waals surface area (Å²) in [5.41, 5.74) is -2.43. The number of pyridine rings is 1. The van der Waals surface area contributed by atoms with Gasteiger partial charge in [0.25, 0.3) is 5.91 Å². The highest BCUT2D eigenvalue weighted by Gasteiger charge is 2.62. The fourth-order valence-electron chi connectivity index (χ4n) is 7.35. The highest BCUT2D eigenvalue weighted by Crippen LogP contribution is 2.45. The topological polar surface area (TPSA) is 185 Å². The summed E-state index contributed by atoms with van der Waals surface area (Å²) in [5.74, 6) is -2.12. The lowest BCUT2D eigenvalue weighted by atomic mass is 9.85. The number of carbonyl (C=O) groups is 4. The number of fused-ring (bicyclic) bond motifs is 1. The second-order valence-electron chi connectivity index (χ2n) is 17.0. The number of aromatic nitrogens is 1. The van der Waals surface area contributed by atoms with Crippen LogP contribution in [0.4, 0.5) is 9.18 Å². The molecule has 1 aromatic heterocycles. The third kappa shape index (κ3) is 9.32. The maximum atomic E-state index is 14.7. The molecule has 57 heavy (non-hydrogen) atoms. The van der Waals surface area contributed by atoms with Crippen molar-refractivity contribution in [2.45, 2.75) is 101 Å². The molecule has 0 spiro atoms. The Bertz CT molecular complexity index is 2170. The molecule has 1 saturated heterocycles. The number of hydrogen-bond donors (Lipinski definition) is 4. The van der Waals surface area contributed by atoms with Crippen LogP contribution in [-0.2, 0) is 30.8 Å². The van der Waals surface area contributed by atoms with Crippen LogP contribution < -0.4 is 30.1 Å². The molecule has 14 nitrogen and oxygen atoms in total. The number of methoxy groups -OCH3 is 1. The molecule has 5 unspecified atom stereocenters. The van der Waals surface area contributed by atoms with Crippen LogP contribution in [-0.4, -0.2) is 90.2 Å². The van der Waals surface area contributed by atoms with Crippen molar-refractivity contribution in [3.8, 4) is 11.6 Å². The number of urea groups is 1. The average molecular weight is 807 g/mol. The van der Waals surface area contributed by atoms with Crippen LogP contribution in [0.25, 0.3) is 10.8 Å². The molecule has 2 saturated carbocycles. The minimum Gasteiger partial charge on any atom is -0.497 e. The zero-order chi connectivity index (χ0) is 41.5. The quantitative estimate of drug-likeness (QED) is 0.174. The van der Waals surface area contributed by atoms with E-state index in [1.54, 1.807) is 78.3 Å². The summed E-state index contributed by atoms with van der Waals surface area (Å²) in [6.07, 6.45) is 3.70. The molecule has 0 bridgehead atoms. The number of carbonyl (C=O) groups excluding carboxylic acids is 4. The van der Waals surface area contributed by atoms with Gasteiger partial charge in [-0.05, 0) is 92.3 Å². The first-order chi connectivity index (χ1) is 26.7. The molecule has 16 heteroatoms. The zero-order valence-corrected chi connectivity index (χ0v) is 33.9. The Kier molecular flexibility index (Phi) is 11.3. The minimum absolute atomic E-state index is 0.00359. The van der Waals surface area contributed by atoms with E-state index in [4.69, 9.17) is 9.47 Å². The highest BCUT2D eigenvalue weighted by atomic mass is 32.2. The Morgan fingerprint density at radius 3 is 2.39 bits per heavy atom. The van der Waals surface area contributed by atoms with Gasteiger partial charge in [0.1, 0.15) is 35.3 Å². The fraction of sp³-hybridized carbons (Fsp3) is 0.488. The standard InChI is InChI=1S/C41H51FN6O8S/c1-8-26-22-41(26,37(51)47-57(53,54)30-14-15-30)45-34(49)32-20-29(56-35-31-16-13-28(55-7)19-25(31)17-18-43-35)23-48(32)36(50)33(39(2,3)4)44-38(52)46-40(5,6)21-24-9-11-27(42)12-10-24/h8-13,16-19,26,29-30,32-33H,1,14-15,20-23H2,2-7H3,(H,45,49)(H,47,51)(H2,44,46,52). The average Bonchev–Trinajstić information content (AvgIpc) is 4.07. The smallest absolute Gasteiger partial charge is 0.315 e. The Morgan fingerprint density at radius 1 is 1.07 bits per heavy atom. The van der Waals surface area contributed by atoms with Gasteiger partial charge < -0.3 is 30.3 Å². The number of amides is 5. The summed E-state index contributed by atoms with van der Waals surface area (Å²) < 4.78 is 52.9. The molecule has 3 fully saturated rings. The largest absolute Gasteiger partial charge is 0.497 e. The van der Waals surface area contributed by atoms with E-state index in [9.17, 15) is 32.0 Å². The summed E-state index contributed by atoms with van der Waals surface area (Å²) in [5, 5.41) is 9.37. The third-order valence-electron chi connectivity index (χ3n) is 10.7. The Hall–Kier alpha value is -5.25. The maximum absolute atomic E-state index is 14.7. The van der Waals surface area contributed by atoms with Gasteiger partial charge in [-0.3, -0.25) is 19.1 Å². The van der Waals surface area contributed by atoms with E-state index in [1.165, 1.54) is 23.1 Å². The van der Waals surface area contributed by atoms with Gasteiger partial charge in [0.15, 0.2) is 0 Å². The first-order valence-electron chi connectivity index (χ1n) is 19.0. The summed E-state index contributed by atoms with van der Waals surface area (Å²) in [6.45, 7) is 12.7. The molecule has 5 atom stereocenters. The van der Waals surface area contributed by atoms with Crippen molar-refractivity contribution in [1.82, 2.24) is 30.6 Å². The molecule has 1 aliphatic heterocycles. The van der Waals surface area contributed by atoms with E-state index < -0.39 is 79.6 Å². The van der Waals surface area contributed by atoms with Crippen molar-refractivity contribution in [1.29, 1.82) is 0 Å². The van der Waals surface area contributed by atoms with Gasteiger partial charge in [-0.2, -0.15) is 0 Å². The van der Waals surface area contributed by atoms with Crippen LogP contribution >= 0.6 is 0 Å². The van der Waals surface area contributed by atoms with Crippen LogP contribution in [0.1, 0.15) is 65.9 Å². The van der Waals surface area contributed by atoms with Crippen molar-refractivity contribution < 1.29 is 41.5 Å². The van der Waals surface area contributed by atoms with E-state index in [-0.39, 0.29) is 31.1 Å². The van der Waals surface area contributed by atoms with Crippen LogP contribution in [0.5, 0.6) is 11.6 Å². The fourth-order valence-corrected chi connectivity index (χ4v) is 8.71. The maximum Gasteiger partial charge on any atom is 0.315 e. The predicted octanol–water partition coefficient (Wildman–Crippen LogP) is 4.14. The summed E-state index contributed by atoms with van der Waals surface area (Å²) in [7, 11) is -2.36. The summed E-state index contributed by atoms with van der Waals surface area (Å²) in [6, 6.07) is 10.2. The molecule has 4 N–H and O–H groups in total. The molecule has 6 rings (SSSR count). The van der Waals surface area contributed by atoms with Gasteiger partial charge in [-0.15, -0.1) is 6.58 Å². The lowest BCUT2D eigenvalue weighted by Crippen LogP contribution is -2.62. The number of rotatable bonds is 14. The van der Waals surface area contributed by atoms with E-state index in [0.717, 1.165) is 10.9 Å². The molecule has 3 aliphatic rings. The van der Waals surface area contributed by atoms with Crippen molar-refractivity contribution >= 4 is 44.5 Å². The molecule has 2 aliphatic carbocycles. The second kappa shape index (κ2) is 15.6. The van der Waals surface area contributed by atoms with Gasteiger partial charge in [0.05, 0.1) is 18.9 Å². The van der Waals surface area contributed by atoms with Gasteiger partial charge >= 0.3 is 6.03 Å². The van der Waals surface area contributed by atoms with E-state index >= 15 is 0 Å². The first kappa shape index (κ1) is 41.4. The van der Waals surface area contributed by atoms with Gasteiger partial charge in [0, 0.05) is 29.5 Å². The number of benzene rings is 2. The lowest BCUT2D eigenvalue weighted by molar-refractivity contribution is -0.142. The van der Waals surface area contributed by atoms with Crippen LogP contribution in [0, 0.1) is 17.2 Å². The van der Waals surface area contributed by atoms with Crippen LogP contribution in [0.15, 0.2) is 67.4 Å². The van der Waals surface area contributed by atoms with E-state index in [2.05, 4.69) is 32.2 Å². The number of hydrogen-bond acceptors (Lipinski definition) is 9. The van der Waals surface area contributed by atoms with Crippen molar-refractivity contribution in [2.75, 3.05) is 13.7 Å². The monoisotopic (exact) mass is 806 g/mol. The number of ether oxygens (including phenoxy) is 2. The summed E-state index contributed by atoms with van der Waals surface area (Å²) in [4.78, 5) is 62.0. The molecule has 2 heterocycles. The minimum atomic E-state index is -3.92. The molecule has 306 valence electrons. The van der Waals surface area contributed by atoms with Crippen molar-refractivity contribution in [2.24, 2.45) is 11.3 Å². The molecular weight excluding hydrogens is 756 g/mol. The number of sulfonamides is 1. The van der Waals surface area contributed by atoms with Crippen molar-refractivity contribution in [3.05, 3.63) is 78.8 Å². The van der Waals surface area contributed by atoms with Crippen molar-refractivity contribution in [3.63, 3.8) is 0 Å². The van der Waals surface area contributed by atoms with Gasteiger partial charge in [-0.1, -0.05) is 39.0 Å². The van der Waals surface area contributed by atoms with Gasteiger partial charge in [0.2, 0.25) is 27.7 Å². The summed E-state index contributed by atoms with van der Waals surface area (Å²) >= 11 is 0. The first-order valence-corrected chi connectivity index (χ1v) is 20.5. The number of nitrogens with zero attached hydrogens (tertiary/aromatic N) is 2.